The van der Waals surface area contributed by atoms with Crippen LogP contribution in [0.5, 0.6) is 0 Å². The van der Waals surface area contributed by atoms with Gasteiger partial charge in [0, 0.05) is 12.4 Å². The molecule has 110 valence electrons. The zero-order valence-electron chi connectivity index (χ0n) is 11.8. The van der Waals surface area contributed by atoms with Gasteiger partial charge in [-0.3, -0.25) is 0 Å². The Hall–Kier alpha value is -2.77. The van der Waals surface area contributed by atoms with Gasteiger partial charge in [-0.2, -0.15) is 5.10 Å². The summed E-state index contributed by atoms with van der Waals surface area (Å²) in [6, 6.07) is 0. The summed E-state index contributed by atoms with van der Waals surface area (Å²) >= 11 is 0. The fourth-order valence-corrected chi connectivity index (χ4v) is 1.75. The number of hydrogen-bond donors (Lipinski definition) is 1. The fraction of sp³-hybridized carbons (Fsp3) is 0.308. The van der Waals surface area contributed by atoms with E-state index in [2.05, 4.69) is 15.1 Å². The number of carbonyl (C=O) groups excluding carboxylic acids is 1. The molecule has 0 aliphatic heterocycles. The van der Waals surface area contributed by atoms with Gasteiger partial charge in [0.05, 0.1) is 23.6 Å². The van der Waals surface area contributed by atoms with Gasteiger partial charge in [-0.1, -0.05) is 0 Å². The van der Waals surface area contributed by atoms with Crippen molar-refractivity contribution < 1.29 is 19.4 Å². The molecule has 2 aromatic heterocycles. The van der Waals surface area contributed by atoms with E-state index in [0.717, 1.165) is 0 Å². The summed E-state index contributed by atoms with van der Waals surface area (Å²) in [5, 5.41) is 13.0. The molecular weight excluding hydrogens is 276 g/mol. The van der Waals surface area contributed by atoms with Crippen molar-refractivity contribution in [1.82, 2.24) is 19.7 Å². The molecule has 8 heteroatoms. The number of aryl methyl sites for hydroxylation is 2. The normalized spacial score (nSPS) is 10.4. The molecule has 2 heterocycles. The van der Waals surface area contributed by atoms with Crippen LogP contribution in [0, 0.1) is 13.8 Å². The number of nitrogens with zero attached hydrogens (tertiary/aromatic N) is 4. The first-order valence-electron chi connectivity index (χ1n) is 6.24. The number of carboxylic acids is 1. The number of aromatic carboxylic acids is 1. The average molecular weight is 290 g/mol. The molecule has 0 fully saturated rings. The van der Waals surface area contributed by atoms with E-state index in [4.69, 9.17) is 9.84 Å². The minimum Gasteiger partial charge on any atom is -0.478 e. The molecule has 0 atom stereocenters. The third kappa shape index (κ3) is 2.88. The minimum absolute atomic E-state index is 0.0747. The fourth-order valence-electron chi connectivity index (χ4n) is 1.75. The molecule has 21 heavy (non-hydrogen) atoms. The summed E-state index contributed by atoms with van der Waals surface area (Å²) in [5.41, 5.74) is 1.13. The Balaban J connectivity index is 2.38. The van der Waals surface area contributed by atoms with E-state index in [1.807, 2.05) is 0 Å². The average Bonchev–Trinajstić information content (AvgIpc) is 2.81. The van der Waals surface area contributed by atoms with Crippen LogP contribution in [0.1, 0.15) is 39.0 Å². The number of aromatic nitrogens is 4. The van der Waals surface area contributed by atoms with Crippen LogP contribution >= 0.6 is 0 Å². The maximum Gasteiger partial charge on any atom is 0.341 e. The number of carbonyl (C=O) groups is 2. The Morgan fingerprint density at radius 1 is 1.29 bits per heavy atom. The van der Waals surface area contributed by atoms with Crippen molar-refractivity contribution in [3.05, 3.63) is 34.9 Å². The summed E-state index contributed by atoms with van der Waals surface area (Å²) in [4.78, 5) is 30.8. The molecule has 2 aromatic rings. The molecular formula is C13H14N4O4. The highest BCUT2D eigenvalue weighted by molar-refractivity contribution is 5.90. The third-order valence-corrected chi connectivity index (χ3v) is 2.80. The van der Waals surface area contributed by atoms with E-state index in [1.54, 1.807) is 20.8 Å². The summed E-state index contributed by atoms with van der Waals surface area (Å²) in [6.45, 7) is 5.20. The maximum absolute atomic E-state index is 11.7. The molecule has 2 rings (SSSR count). The Morgan fingerprint density at radius 2 is 2.00 bits per heavy atom. The monoisotopic (exact) mass is 290 g/mol. The molecule has 0 aliphatic carbocycles. The minimum atomic E-state index is -1.07. The van der Waals surface area contributed by atoms with Crippen LogP contribution in [0.2, 0.25) is 0 Å². The molecule has 0 spiro atoms. The molecule has 0 aromatic carbocycles. The van der Waals surface area contributed by atoms with Crippen LogP contribution in [-0.4, -0.2) is 43.4 Å². The quantitative estimate of drug-likeness (QED) is 0.841. The van der Waals surface area contributed by atoms with Gasteiger partial charge in [0.2, 0.25) is 0 Å². The Morgan fingerprint density at radius 3 is 2.52 bits per heavy atom. The second-order valence-corrected chi connectivity index (χ2v) is 4.27. The van der Waals surface area contributed by atoms with Gasteiger partial charge in [-0.05, 0) is 20.8 Å². The van der Waals surface area contributed by atoms with Gasteiger partial charge < -0.3 is 9.84 Å². The van der Waals surface area contributed by atoms with E-state index in [9.17, 15) is 9.59 Å². The first-order chi connectivity index (χ1) is 9.93. The molecule has 0 bridgehead atoms. The van der Waals surface area contributed by atoms with Gasteiger partial charge >= 0.3 is 11.9 Å². The molecule has 8 nitrogen and oxygen atoms in total. The Bertz CT molecular complexity index is 708. The van der Waals surface area contributed by atoms with Crippen molar-refractivity contribution in [2.75, 3.05) is 6.61 Å². The van der Waals surface area contributed by atoms with Crippen LogP contribution in [0.3, 0.4) is 0 Å². The maximum atomic E-state index is 11.7. The van der Waals surface area contributed by atoms with Crippen LogP contribution in [0.4, 0.5) is 0 Å². The molecule has 1 N–H and O–H groups in total. The zero-order valence-corrected chi connectivity index (χ0v) is 11.8. The third-order valence-electron chi connectivity index (χ3n) is 2.80. The van der Waals surface area contributed by atoms with E-state index in [-0.39, 0.29) is 23.7 Å². The standard InChI is InChI=1S/C13H14N4O4/c1-4-21-12(20)9-5-14-13(15-7(9)2)17-6-10(11(18)19)8(3)16-17/h5-6H,4H2,1-3H3,(H,18,19). The van der Waals surface area contributed by atoms with E-state index in [1.165, 1.54) is 17.1 Å². The predicted octanol–water partition coefficient (Wildman–Crippen LogP) is 1.15. The van der Waals surface area contributed by atoms with Crippen LogP contribution < -0.4 is 0 Å². The molecule has 0 aliphatic rings. The van der Waals surface area contributed by atoms with Gasteiger partial charge in [0.15, 0.2) is 0 Å². The summed E-state index contributed by atoms with van der Waals surface area (Å²) in [7, 11) is 0. The van der Waals surface area contributed by atoms with E-state index >= 15 is 0 Å². The molecule has 0 radical (unpaired) electrons. The lowest BCUT2D eigenvalue weighted by molar-refractivity contribution is 0.0524. The molecule has 0 saturated carbocycles. The summed E-state index contributed by atoms with van der Waals surface area (Å²) < 4.78 is 6.15. The van der Waals surface area contributed by atoms with Crippen LogP contribution in [-0.2, 0) is 4.74 Å². The highest BCUT2D eigenvalue weighted by Crippen LogP contribution is 2.11. The van der Waals surface area contributed by atoms with Gasteiger partial charge in [-0.15, -0.1) is 0 Å². The number of hydrogen-bond acceptors (Lipinski definition) is 6. The second kappa shape index (κ2) is 5.70. The van der Waals surface area contributed by atoms with Crippen molar-refractivity contribution >= 4 is 11.9 Å². The SMILES string of the molecule is CCOC(=O)c1cnc(-n2cc(C(=O)O)c(C)n2)nc1C. The molecule has 0 amide bonds. The van der Waals surface area contributed by atoms with Crippen molar-refractivity contribution in [1.29, 1.82) is 0 Å². The first-order valence-corrected chi connectivity index (χ1v) is 6.24. The molecule has 0 unspecified atom stereocenters. The zero-order chi connectivity index (χ0) is 15.6. The lowest BCUT2D eigenvalue weighted by Gasteiger charge is -2.06. The smallest absolute Gasteiger partial charge is 0.341 e. The number of esters is 1. The lowest BCUT2D eigenvalue weighted by Crippen LogP contribution is -2.11. The highest BCUT2D eigenvalue weighted by Gasteiger charge is 2.16. The highest BCUT2D eigenvalue weighted by atomic mass is 16.5. The van der Waals surface area contributed by atoms with Crippen LogP contribution in [0.15, 0.2) is 12.4 Å². The Labute approximate surface area is 120 Å². The van der Waals surface area contributed by atoms with Crippen molar-refractivity contribution in [2.45, 2.75) is 20.8 Å². The van der Waals surface area contributed by atoms with E-state index in [0.29, 0.717) is 11.4 Å². The Kier molecular flexibility index (Phi) is 3.97. The number of ether oxygens (including phenoxy) is 1. The summed E-state index contributed by atoms with van der Waals surface area (Å²) in [5.74, 6) is -1.38. The van der Waals surface area contributed by atoms with Crippen LogP contribution in [0.25, 0.3) is 5.95 Å². The van der Waals surface area contributed by atoms with Gasteiger partial charge in [0.25, 0.3) is 5.95 Å². The lowest BCUT2D eigenvalue weighted by atomic mass is 10.2. The van der Waals surface area contributed by atoms with Gasteiger partial charge in [-0.25, -0.2) is 24.2 Å². The number of carboxylic acid groups (broad SMARTS) is 1. The number of rotatable bonds is 4. The van der Waals surface area contributed by atoms with Crippen molar-refractivity contribution in [3.63, 3.8) is 0 Å². The van der Waals surface area contributed by atoms with E-state index < -0.39 is 11.9 Å². The predicted molar refractivity (Wildman–Crippen MR) is 71.5 cm³/mol. The topological polar surface area (TPSA) is 107 Å². The van der Waals surface area contributed by atoms with Crippen molar-refractivity contribution in [3.8, 4) is 5.95 Å². The summed E-state index contributed by atoms with van der Waals surface area (Å²) in [6.07, 6.45) is 2.67. The molecule has 0 saturated heterocycles. The largest absolute Gasteiger partial charge is 0.478 e. The van der Waals surface area contributed by atoms with Gasteiger partial charge in [0.1, 0.15) is 5.56 Å². The van der Waals surface area contributed by atoms with Crippen molar-refractivity contribution in [2.24, 2.45) is 0 Å². The first kappa shape index (κ1) is 14.6. The second-order valence-electron chi connectivity index (χ2n) is 4.27.